The third kappa shape index (κ3) is 4.91. The molecular formula is C15H21NO4. The van der Waals surface area contributed by atoms with Crippen LogP contribution >= 0.6 is 0 Å². The van der Waals surface area contributed by atoms with E-state index in [9.17, 15) is 9.59 Å². The number of carboxylic acid groups (broad SMARTS) is 1. The number of hydrogen-bond acceptors (Lipinski definition) is 3. The van der Waals surface area contributed by atoms with Gasteiger partial charge in [0.2, 0.25) is 0 Å². The van der Waals surface area contributed by atoms with Gasteiger partial charge in [-0.1, -0.05) is 13.3 Å². The molecule has 1 aromatic rings. The van der Waals surface area contributed by atoms with Crippen LogP contribution in [0.5, 0.6) is 5.75 Å². The first-order chi connectivity index (χ1) is 9.43. The van der Waals surface area contributed by atoms with Crippen LogP contribution in [0.4, 0.5) is 0 Å². The van der Waals surface area contributed by atoms with E-state index in [1.165, 1.54) is 0 Å². The Labute approximate surface area is 118 Å². The van der Waals surface area contributed by atoms with Crippen LogP contribution in [-0.4, -0.2) is 29.1 Å². The molecule has 0 aliphatic carbocycles. The van der Waals surface area contributed by atoms with E-state index in [2.05, 4.69) is 5.32 Å². The topological polar surface area (TPSA) is 75.6 Å². The van der Waals surface area contributed by atoms with E-state index in [4.69, 9.17) is 9.84 Å². The van der Waals surface area contributed by atoms with E-state index in [-0.39, 0.29) is 12.0 Å². The van der Waals surface area contributed by atoms with E-state index in [0.717, 1.165) is 0 Å². The molecule has 0 aliphatic heterocycles. The van der Waals surface area contributed by atoms with Crippen molar-refractivity contribution in [3.05, 3.63) is 29.8 Å². The van der Waals surface area contributed by atoms with Crippen molar-refractivity contribution in [2.75, 3.05) is 0 Å². The van der Waals surface area contributed by atoms with Gasteiger partial charge in [0.15, 0.2) is 0 Å². The van der Waals surface area contributed by atoms with Crippen LogP contribution in [0.15, 0.2) is 24.3 Å². The lowest BCUT2D eigenvalue weighted by Crippen LogP contribution is -2.40. The van der Waals surface area contributed by atoms with E-state index in [0.29, 0.717) is 24.2 Å². The van der Waals surface area contributed by atoms with Crippen LogP contribution in [0.3, 0.4) is 0 Å². The number of amides is 1. The number of carbonyl (C=O) groups excluding carboxylic acids is 1. The minimum atomic E-state index is -1.01. The molecule has 0 aliphatic rings. The summed E-state index contributed by atoms with van der Waals surface area (Å²) < 4.78 is 5.48. The highest BCUT2D eigenvalue weighted by Gasteiger charge is 2.19. The molecule has 0 aromatic heterocycles. The third-order valence-electron chi connectivity index (χ3n) is 2.67. The van der Waals surface area contributed by atoms with Gasteiger partial charge in [-0.25, -0.2) is 4.79 Å². The molecule has 1 unspecified atom stereocenters. The number of carbonyl (C=O) groups is 2. The molecule has 0 bridgehead atoms. The first-order valence-corrected chi connectivity index (χ1v) is 6.74. The predicted octanol–water partition coefficient (Wildman–Crippen LogP) is 2.46. The van der Waals surface area contributed by atoms with Gasteiger partial charge in [-0.2, -0.15) is 0 Å². The Morgan fingerprint density at radius 1 is 1.25 bits per heavy atom. The summed E-state index contributed by atoms with van der Waals surface area (Å²) in [5.41, 5.74) is 0.420. The van der Waals surface area contributed by atoms with Crippen molar-refractivity contribution in [2.24, 2.45) is 0 Å². The van der Waals surface area contributed by atoms with Gasteiger partial charge in [-0.05, 0) is 44.5 Å². The van der Waals surface area contributed by atoms with E-state index < -0.39 is 12.0 Å². The summed E-state index contributed by atoms with van der Waals surface area (Å²) in [7, 11) is 0. The first-order valence-electron chi connectivity index (χ1n) is 6.74. The van der Waals surface area contributed by atoms with E-state index >= 15 is 0 Å². The lowest BCUT2D eigenvalue weighted by atomic mass is 10.1. The molecule has 1 atom stereocenters. The highest BCUT2D eigenvalue weighted by atomic mass is 16.5. The molecule has 2 N–H and O–H groups in total. The maximum Gasteiger partial charge on any atom is 0.326 e. The quantitative estimate of drug-likeness (QED) is 0.804. The van der Waals surface area contributed by atoms with Crippen LogP contribution in [0.2, 0.25) is 0 Å². The molecule has 0 spiro atoms. The number of ether oxygens (including phenoxy) is 1. The fourth-order valence-electron chi connectivity index (χ4n) is 1.74. The zero-order chi connectivity index (χ0) is 15.1. The van der Waals surface area contributed by atoms with E-state index in [1.807, 2.05) is 20.8 Å². The first kappa shape index (κ1) is 16.0. The molecular weight excluding hydrogens is 258 g/mol. The molecule has 0 heterocycles. The fourth-order valence-corrected chi connectivity index (χ4v) is 1.74. The van der Waals surface area contributed by atoms with Crippen molar-refractivity contribution in [2.45, 2.75) is 45.8 Å². The van der Waals surface area contributed by atoms with Gasteiger partial charge in [-0.15, -0.1) is 0 Å². The summed E-state index contributed by atoms with van der Waals surface area (Å²) in [6, 6.07) is 5.80. The SMILES string of the molecule is CCCC(NC(=O)c1ccc(OC(C)C)cc1)C(=O)O. The largest absolute Gasteiger partial charge is 0.491 e. The molecule has 20 heavy (non-hydrogen) atoms. The molecule has 0 saturated carbocycles. The van der Waals surface area contributed by atoms with Crippen LogP contribution in [0.25, 0.3) is 0 Å². The average molecular weight is 279 g/mol. The minimum Gasteiger partial charge on any atom is -0.491 e. The Morgan fingerprint density at radius 2 is 1.85 bits per heavy atom. The van der Waals surface area contributed by atoms with Gasteiger partial charge >= 0.3 is 5.97 Å². The number of aliphatic carboxylic acids is 1. The Morgan fingerprint density at radius 3 is 2.30 bits per heavy atom. The van der Waals surface area contributed by atoms with Crippen molar-refractivity contribution < 1.29 is 19.4 Å². The highest BCUT2D eigenvalue weighted by Crippen LogP contribution is 2.14. The summed E-state index contributed by atoms with van der Waals surface area (Å²) in [5.74, 6) is -0.721. The monoisotopic (exact) mass is 279 g/mol. The summed E-state index contributed by atoms with van der Waals surface area (Å²) in [6.45, 7) is 5.71. The lowest BCUT2D eigenvalue weighted by Gasteiger charge is -2.14. The van der Waals surface area contributed by atoms with Crippen LogP contribution < -0.4 is 10.1 Å². The van der Waals surface area contributed by atoms with Gasteiger partial charge in [0, 0.05) is 5.56 Å². The predicted molar refractivity (Wildman–Crippen MR) is 76.0 cm³/mol. The standard InChI is InChI=1S/C15H21NO4/c1-4-5-13(15(18)19)16-14(17)11-6-8-12(9-7-11)20-10(2)3/h6-10,13H,4-5H2,1-3H3,(H,16,17)(H,18,19). The Hall–Kier alpha value is -2.04. The Kier molecular flexibility index (Phi) is 6.03. The van der Waals surface area contributed by atoms with Gasteiger partial charge in [-0.3, -0.25) is 4.79 Å². The highest BCUT2D eigenvalue weighted by molar-refractivity contribution is 5.96. The zero-order valence-corrected chi connectivity index (χ0v) is 12.1. The summed E-state index contributed by atoms with van der Waals surface area (Å²) in [5, 5.41) is 11.5. The molecule has 110 valence electrons. The molecule has 1 aromatic carbocycles. The summed E-state index contributed by atoms with van der Waals surface area (Å²) in [6.07, 6.45) is 1.17. The van der Waals surface area contributed by atoms with Crippen molar-refractivity contribution in [1.82, 2.24) is 5.32 Å². The second kappa shape index (κ2) is 7.53. The second-order valence-electron chi connectivity index (χ2n) is 4.84. The molecule has 1 amide bonds. The molecule has 5 nitrogen and oxygen atoms in total. The van der Waals surface area contributed by atoms with Crippen molar-refractivity contribution >= 4 is 11.9 Å². The van der Waals surface area contributed by atoms with Crippen molar-refractivity contribution in [1.29, 1.82) is 0 Å². The van der Waals surface area contributed by atoms with Crippen LogP contribution in [0, 0.1) is 0 Å². The maximum absolute atomic E-state index is 12.0. The maximum atomic E-state index is 12.0. The van der Waals surface area contributed by atoms with Crippen LogP contribution in [0.1, 0.15) is 44.0 Å². The van der Waals surface area contributed by atoms with E-state index in [1.54, 1.807) is 24.3 Å². The zero-order valence-electron chi connectivity index (χ0n) is 12.1. The fraction of sp³-hybridized carbons (Fsp3) is 0.467. The number of hydrogen-bond donors (Lipinski definition) is 2. The summed E-state index contributed by atoms with van der Waals surface area (Å²) in [4.78, 5) is 22.9. The van der Waals surface area contributed by atoms with Gasteiger partial charge in [0.1, 0.15) is 11.8 Å². The minimum absolute atomic E-state index is 0.0654. The van der Waals surface area contributed by atoms with Crippen molar-refractivity contribution in [3.8, 4) is 5.75 Å². The second-order valence-corrected chi connectivity index (χ2v) is 4.84. The van der Waals surface area contributed by atoms with Crippen molar-refractivity contribution in [3.63, 3.8) is 0 Å². The number of nitrogens with one attached hydrogen (secondary N) is 1. The smallest absolute Gasteiger partial charge is 0.326 e. The van der Waals surface area contributed by atoms with Gasteiger partial charge in [0.25, 0.3) is 5.91 Å². The van der Waals surface area contributed by atoms with Crippen LogP contribution in [-0.2, 0) is 4.79 Å². The Bertz CT molecular complexity index is 453. The average Bonchev–Trinajstić information content (AvgIpc) is 2.38. The molecule has 0 fully saturated rings. The van der Waals surface area contributed by atoms with Gasteiger partial charge < -0.3 is 15.2 Å². The number of benzene rings is 1. The molecule has 1 rings (SSSR count). The molecule has 0 saturated heterocycles. The molecule has 0 radical (unpaired) electrons. The normalized spacial score (nSPS) is 12.0. The number of rotatable bonds is 7. The lowest BCUT2D eigenvalue weighted by molar-refractivity contribution is -0.139. The Balaban J connectivity index is 2.69. The third-order valence-corrected chi connectivity index (χ3v) is 2.67. The molecule has 5 heteroatoms. The van der Waals surface area contributed by atoms with Gasteiger partial charge in [0.05, 0.1) is 6.10 Å². The number of carboxylic acids is 1. The summed E-state index contributed by atoms with van der Waals surface area (Å²) >= 11 is 0.